The topological polar surface area (TPSA) is 488 Å². The second-order valence-corrected chi connectivity index (χ2v) is 34.2. The Morgan fingerprint density at radius 1 is 0.344 bits per heavy atom. The van der Waals surface area contributed by atoms with E-state index in [0.29, 0.717) is 94.7 Å². The van der Waals surface area contributed by atoms with E-state index in [1.165, 1.54) is 25.3 Å². The van der Waals surface area contributed by atoms with Crippen molar-refractivity contribution in [2.75, 3.05) is 80.0 Å². The molecule has 4 aromatic carbocycles. The van der Waals surface area contributed by atoms with Gasteiger partial charge in [-0.1, -0.05) is 227 Å². The maximum atomic E-state index is 12.4. The van der Waals surface area contributed by atoms with Crippen LogP contribution in [0.5, 0.6) is 17.8 Å². The number of aliphatic hydroxyl groups excluding tert-OH is 3. The van der Waals surface area contributed by atoms with Crippen molar-refractivity contribution in [2.24, 2.45) is 0 Å². The summed E-state index contributed by atoms with van der Waals surface area (Å²) in [5, 5.41) is 31.7. The number of rotatable bonds is 31. The van der Waals surface area contributed by atoms with Gasteiger partial charge in [-0.15, -0.1) is 0 Å². The Balaban J connectivity index is -0.000000461. The fourth-order valence-corrected chi connectivity index (χ4v) is 13.6. The van der Waals surface area contributed by atoms with Gasteiger partial charge in [-0.05, 0) is 140 Å². The van der Waals surface area contributed by atoms with Gasteiger partial charge in [0.2, 0.25) is 17.0 Å². The zero-order chi connectivity index (χ0) is 84.3. The van der Waals surface area contributed by atoms with Gasteiger partial charge in [0, 0.05) is 68.9 Å². The minimum atomic E-state index is -3.82. The van der Waals surface area contributed by atoms with E-state index in [1.807, 2.05) is 93.1 Å². The second-order valence-electron chi connectivity index (χ2n) is 21.5. The molecule has 10 aromatic rings. The SMILES string of the molecule is C.C.C.C.C.C.C.CCCNS(=O)(=O)Nc1ncnc(Cl)c1-c1ccc(Br)cc1.CCCNS(=O)(=O)Nc1ncnc(OCCO)c1-c1ccc(Br)cc1.CCCNS(=O)(=O)Nc1ncnc(OCCOc2ncc(Br)cn2)c1-c1ccc(Br)cc1.CCCNS([NH-])(=O)=O.Clc1ncc(Br)cn1.Clc1ncnc(Cl)c1-c1ccc(Br)cc1.OCCO.[K+]. The molecule has 0 fully saturated rings. The Labute approximate surface area is 831 Å². The molecule has 0 radical (unpaired) electrons. The Bertz CT molecular complexity index is 5000. The van der Waals surface area contributed by atoms with Crippen molar-refractivity contribution in [2.45, 2.75) is 105 Å². The molecule has 0 unspecified atom stereocenters. The van der Waals surface area contributed by atoms with Crippen molar-refractivity contribution in [3.05, 3.63) is 200 Å². The van der Waals surface area contributed by atoms with Crippen LogP contribution in [0.4, 0.5) is 17.5 Å². The molecule has 11 N–H and O–H groups in total. The van der Waals surface area contributed by atoms with Crippen LogP contribution < -0.4 is 98.6 Å². The maximum absolute atomic E-state index is 12.4. The van der Waals surface area contributed by atoms with Crippen LogP contribution in [0.15, 0.2) is 174 Å². The van der Waals surface area contributed by atoms with Crippen molar-refractivity contribution < 1.29 is 115 Å². The summed E-state index contributed by atoms with van der Waals surface area (Å²) >= 11 is 43.3. The van der Waals surface area contributed by atoms with Crippen molar-refractivity contribution in [1.82, 2.24) is 78.7 Å². The van der Waals surface area contributed by atoms with Gasteiger partial charge in [0.25, 0.3) is 30.6 Å². The molecule has 10 rings (SSSR count). The Kier molecular flexibility index (Phi) is 69.7. The number of benzene rings is 4. The van der Waals surface area contributed by atoms with Crippen LogP contribution in [0.1, 0.15) is 105 Å². The zero-order valence-electron chi connectivity index (χ0n) is 61.4. The number of halogens is 10. The molecular weight excluding hydrogens is 2170 g/mol. The predicted octanol–water partition coefficient (Wildman–Crippen LogP) is 15.5. The molecule has 0 aliphatic rings. The standard InChI is InChI=1S/C19H20Br2N6O4S.C15H19BrN4O4S.C13H14BrClN4O2S.C10H5BrCl2N2.C4H2BrClN2.C3H9N2O2S.C2H6O2.7CH4.K/c1-2-7-26-32(28,29)27-17-16(13-3-5-14(20)6-4-13)18(25-12-24-17)30-8-9-31-19-22-10-15(21)11-23-19;1-2-7-19-25(22,23)20-14-13(11-3-5-12(16)6-4-11)15(18-10-17-14)24-9-8-21;1-2-7-18-22(20,21)19-13-11(12(15)16-8-17-13)9-3-5-10(14)6-4-9;11-7-3-1-6(2-4-7)8-9(12)14-5-15-10(8)13;5-3-1-7-4(6)8-2-3;1-2-3-5-8(4,6)7;3-1-2-4;;;;;;;;/h3-6,10-12,26H,2,7-9H2,1H3,(H,24,25,27);3-6,10,19,21H,2,7-9H2,1H3,(H,17,18,20);3-6,8,18H,2,7H2,1H3,(H,16,17,19);1-5H;1-2H;5H,2-3H2,1H3,(H-,4,6,7);3-4H,1-2H2;7*1H4;/q;;;;;-1;;;;;;;;;+1. The zero-order valence-corrected chi connectivity index (χ0v) is 80.3. The molecule has 0 saturated heterocycles. The van der Waals surface area contributed by atoms with E-state index in [-0.39, 0.29) is 189 Å². The Morgan fingerprint density at radius 2 is 0.615 bits per heavy atom. The molecule has 0 spiro atoms. The van der Waals surface area contributed by atoms with Crippen molar-refractivity contribution in [1.29, 1.82) is 0 Å². The first-order chi connectivity index (χ1) is 54.2. The fourth-order valence-electron chi connectivity index (χ4n) is 7.90. The quantitative estimate of drug-likeness (QED) is 0.00835. The number of anilines is 3. The molecule has 0 aliphatic heterocycles. The van der Waals surface area contributed by atoms with E-state index in [9.17, 15) is 33.7 Å². The van der Waals surface area contributed by atoms with Gasteiger partial charge < -0.3 is 34.7 Å². The first-order valence-corrected chi connectivity index (χ1v) is 45.2. The first-order valence-electron chi connectivity index (χ1n) is 33.0. The number of ether oxygens (including phenoxy) is 3. The summed E-state index contributed by atoms with van der Waals surface area (Å²) in [6.45, 7) is 8.60. The summed E-state index contributed by atoms with van der Waals surface area (Å²) in [7, 11) is -15.0. The average Bonchev–Trinajstić information content (AvgIpc) is 0.760. The van der Waals surface area contributed by atoms with Crippen LogP contribution in [-0.4, -0.2) is 175 Å². The van der Waals surface area contributed by atoms with E-state index in [0.717, 1.165) is 38.8 Å². The monoisotopic (exact) mass is 2260 g/mol. The van der Waals surface area contributed by atoms with Crippen LogP contribution in [0, 0.1) is 0 Å². The third kappa shape index (κ3) is 49.6. The molecule has 6 aromatic heterocycles. The third-order valence-corrected chi connectivity index (χ3v) is 20.5. The van der Waals surface area contributed by atoms with Gasteiger partial charge in [-0.3, -0.25) is 14.2 Å². The molecule has 0 amide bonds. The molecule has 0 atom stereocenters. The summed E-state index contributed by atoms with van der Waals surface area (Å²) in [6.07, 6.45) is 14.0. The average molecular weight is 2270 g/mol. The van der Waals surface area contributed by atoms with Crippen LogP contribution >= 0.6 is 142 Å². The van der Waals surface area contributed by atoms with Gasteiger partial charge in [0.15, 0.2) is 17.5 Å². The summed E-state index contributed by atoms with van der Waals surface area (Å²) in [6, 6.07) is 29.5. The summed E-state index contributed by atoms with van der Waals surface area (Å²) in [5.41, 5.74) is 4.84. The summed E-state index contributed by atoms with van der Waals surface area (Å²) < 4.78 is 131. The minimum absolute atomic E-state index is 0. The van der Waals surface area contributed by atoms with Gasteiger partial charge in [0.05, 0.1) is 51.0 Å². The van der Waals surface area contributed by atoms with Gasteiger partial charge in [-0.25, -0.2) is 72.9 Å². The van der Waals surface area contributed by atoms with E-state index in [2.05, 4.69) is 184 Å². The smallest absolute Gasteiger partial charge is 0.550 e. The molecule has 6 heterocycles. The molecule has 122 heavy (non-hydrogen) atoms. The number of aliphatic hydroxyl groups is 3. The van der Waals surface area contributed by atoms with Crippen LogP contribution in [0.2, 0.25) is 20.7 Å². The fraction of sp³-hybridized carbons (Fsp3) is 0.342. The first kappa shape index (κ1) is 126. The van der Waals surface area contributed by atoms with E-state index in [1.54, 1.807) is 61.2 Å². The Hall–Kier alpha value is -4.68. The number of hydrogen-bond acceptors (Lipinski definition) is 26. The molecule has 34 nitrogen and oxygen atoms in total. The number of nitrogens with one attached hydrogen (secondary N) is 8. The molecular formula is C73H103Br6Cl4KN20O14S4. The molecule has 0 aliphatic carbocycles. The maximum Gasteiger partial charge on any atom is 1.00 e. The Morgan fingerprint density at radius 3 is 0.918 bits per heavy atom. The van der Waals surface area contributed by atoms with Crippen molar-refractivity contribution in [3.63, 3.8) is 0 Å². The predicted molar refractivity (Wildman–Crippen MR) is 509 cm³/mol. The van der Waals surface area contributed by atoms with Crippen molar-refractivity contribution >= 4 is 200 Å². The van der Waals surface area contributed by atoms with Crippen LogP contribution in [-0.2, 0) is 40.8 Å². The molecule has 674 valence electrons. The van der Waals surface area contributed by atoms with Gasteiger partial charge in [0.1, 0.15) is 70.8 Å². The van der Waals surface area contributed by atoms with E-state index in [4.69, 9.17) is 81.1 Å². The number of nitrogens with zero attached hydrogens (tertiary/aromatic N) is 12. The second kappa shape index (κ2) is 67.6. The molecule has 0 saturated carbocycles. The van der Waals surface area contributed by atoms with Gasteiger partial charge in [-0.2, -0.15) is 39.4 Å². The van der Waals surface area contributed by atoms with Crippen LogP contribution in [0.3, 0.4) is 0 Å². The normalized spacial score (nSPS) is 10.2. The third-order valence-electron chi connectivity index (χ3n) is 12.7. The molecule has 49 heteroatoms. The van der Waals surface area contributed by atoms with Crippen LogP contribution in [0.25, 0.3) is 49.6 Å². The summed E-state index contributed by atoms with van der Waals surface area (Å²) in [4.78, 5) is 47.5. The number of hydrogen-bond donors (Lipinski definition) is 10. The van der Waals surface area contributed by atoms with E-state index < -0.39 is 40.8 Å². The minimum Gasteiger partial charge on any atom is -0.550 e. The largest absolute Gasteiger partial charge is 1.00 e. The van der Waals surface area contributed by atoms with E-state index >= 15 is 0 Å². The van der Waals surface area contributed by atoms with Gasteiger partial charge >= 0.3 is 57.4 Å². The number of aromatic nitrogens is 12. The molecule has 0 bridgehead atoms. The summed E-state index contributed by atoms with van der Waals surface area (Å²) in [5.74, 6) is 0.702. The van der Waals surface area contributed by atoms with Crippen molar-refractivity contribution in [3.8, 4) is 62.3 Å².